The van der Waals surface area contributed by atoms with Gasteiger partial charge in [-0.2, -0.15) is 5.10 Å². The van der Waals surface area contributed by atoms with Crippen molar-refractivity contribution in [3.8, 4) is 22.3 Å². The lowest BCUT2D eigenvalue weighted by atomic mass is 10.0. The molecule has 1 aliphatic heterocycles. The highest BCUT2D eigenvalue weighted by atomic mass is 15.3. The molecule has 1 saturated heterocycles. The fraction of sp³-hybridized carbons (Fsp3) is 0.217. The molecular formula is C23H22N8. The number of aromatic amines is 1. The van der Waals surface area contributed by atoms with E-state index in [1.165, 1.54) is 0 Å². The summed E-state index contributed by atoms with van der Waals surface area (Å²) in [6, 6.07) is 10.5. The molecule has 5 aromatic heterocycles. The number of piperazine rings is 1. The van der Waals surface area contributed by atoms with Gasteiger partial charge in [-0.15, -0.1) is 0 Å². The number of H-pyrrole nitrogens is 1. The topological polar surface area (TPSA) is 78.2 Å². The van der Waals surface area contributed by atoms with E-state index in [4.69, 9.17) is 4.98 Å². The van der Waals surface area contributed by atoms with Crippen molar-refractivity contribution < 1.29 is 0 Å². The maximum absolute atomic E-state index is 4.73. The molecule has 154 valence electrons. The fourth-order valence-corrected chi connectivity index (χ4v) is 4.16. The number of pyridine rings is 3. The highest BCUT2D eigenvalue weighted by Crippen LogP contribution is 2.31. The average Bonchev–Trinajstić information content (AvgIpc) is 3.45. The maximum atomic E-state index is 4.73. The molecule has 0 radical (unpaired) electrons. The number of hydrogen-bond donors (Lipinski definition) is 1. The number of anilines is 1. The number of hydrogen-bond acceptors (Lipinski definition) is 6. The first-order chi connectivity index (χ1) is 15.2. The lowest BCUT2D eigenvalue weighted by Gasteiger charge is -2.33. The summed E-state index contributed by atoms with van der Waals surface area (Å²) < 4.78 is 1.76. The molecule has 1 N–H and O–H groups in total. The van der Waals surface area contributed by atoms with Crippen LogP contribution in [0.1, 0.15) is 0 Å². The standard InChI is InChI=1S/C23H22N8/c1-29-6-8-30(9-7-29)21-3-2-17(12-24-21)18-10-19-20(14-26-23(19)25-13-18)16-4-5-31-22(11-16)27-15-28-31/h2-5,10-15H,6-9H2,1H3,(H,25,26). The van der Waals surface area contributed by atoms with Crippen LogP contribution in [-0.2, 0) is 0 Å². The van der Waals surface area contributed by atoms with Crippen LogP contribution < -0.4 is 4.90 Å². The van der Waals surface area contributed by atoms with Crippen molar-refractivity contribution in [3.63, 3.8) is 0 Å². The Labute approximate surface area is 179 Å². The van der Waals surface area contributed by atoms with Crippen molar-refractivity contribution in [2.24, 2.45) is 0 Å². The minimum absolute atomic E-state index is 0.819. The first-order valence-electron chi connectivity index (χ1n) is 10.4. The molecule has 0 atom stereocenters. The molecule has 6 heterocycles. The molecule has 0 amide bonds. The molecule has 0 bridgehead atoms. The maximum Gasteiger partial charge on any atom is 0.155 e. The van der Waals surface area contributed by atoms with Crippen molar-refractivity contribution in [3.05, 3.63) is 61.4 Å². The molecule has 0 aromatic carbocycles. The molecular weight excluding hydrogens is 388 g/mol. The zero-order valence-electron chi connectivity index (χ0n) is 17.2. The van der Waals surface area contributed by atoms with E-state index < -0.39 is 0 Å². The Morgan fingerprint density at radius 2 is 1.74 bits per heavy atom. The summed E-state index contributed by atoms with van der Waals surface area (Å²) in [5.74, 6) is 1.04. The molecule has 8 heteroatoms. The van der Waals surface area contributed by atoms with E-state index in [1.807, 2.05) is 36.9 Å². The lowest BCUT2D eigenvalue weighted by Crippen LogP contribution is -2.44. The number of nitrogens with one attached hydrogen (secondary N) is 1. The van der Waals surface area contributed by atoms with E-state index in [9.17, 15) is 0 Å². The Bertz CT molecular complexity index is 1360. The van der Waals surface area contributed by atoms with Gasteiger partial charge < -0.3 is 14.8 Å². The van der Waals surface area contributed by atoms with Gasteiger partial charge in [0, 0.05) is 73.0 Å². The summed E-state index contributed by atoms with van der Waals surface area (Å²) in [4.78, 5) is 21.6. The van der Waals surface area contributed by atoms with Gasteiger partial charge in [0.1, 0.15) is 17.8 Å². The zero-order chi connectivity index (χ0) is 20.8. The molecule has 0 saturated carbocycles. The van der Waals surface area contributed by atoms with E-state index in [0.29, 0.717) is 0 Å². The summed E-state index contributed by atoms with van der Waals surface area (Å²) in [7, 11) is 2.16. The second kappa shape index (κ2) is 7.17. The molecule has 0 unspecified atom stereocenters. The van der Waals surface area contributed by atoms with Crippen LogP contribution in [0.15, 0.2) is 61.4 Å². The van der Waals surface area contributed by atoms with E-state index in [2.05, 4.69) is 55.1 Å². The van der Waals surface area contributed by atoms with Crippen LogP contribution in [-0.4, -0.2) is 67.7 Å². The van der Waals surface area contributed by atoms with E-state index >= 15 is 0 Å². The first kappa shape index (κ1) is 18.0. The fourth-order valence-electron chi connectivity index (χ4n) is 4.16. The van der Waals surface area contributed by atoms with Crippen molar-refractivity contribution >= 4 is 22.5 Å². The van der Waals surface area contributed by atoms with Crippen LogP contribution in [0.5, 0.6) is 0 Å². The van der Waals surface area contributed by atoms with Crippen molar-refractivity contribution in [2.75, 3.05) is 38.1 Å². The summed E-state index contributed by atoms with van der Waals surface area (Å²) in [6.45, 7) is 4.17. The third-order valence-corrected chi connectivity index (χ3v) is 6.03. The Hall–Kier alpha value is -3.78. The van der Waals surface area contributed by atoms with Gasteiger partial charge in [0.15, 0.2) is 5.65 Å². The Balaban J connectivity index is 1.34. The SMILES string of the molecule is CN1CCN(c2ccc(-c3cnc4[nH]cc(-c5ccn6ncnc6c5)c4c3)cn2)CC1. The van der Waals surface area contributed by atoms with Crippen molar-refractivity contribution in [1.29, 1.82) is 0 Å². The van der Waals surface area contributed by atoms with Gasteiger partial charge in [0.25, 0.3) is 0 Å². The van der Waals surface area contributed by atoms with Crippen molar-refractivity contribution in [2.45, 2.75) is 0 Å². The predicted molar refractivity (Wildman–Crippen MR) is 121 cm³/mol. The summed E-state index contributed by atoms with van der Waals surface area (Å²) in [5.41, 5.74) is 5.97. The minimum Gasteiger partial charge on any atom is -0.354 e. The second-order valence-corrected chi connectivity index (χ2v) is 8.00. The second-order valence-electron chi connectivity index (χ2n) is 8.00. The Morgan fingerprint density at radius 3 is 2.58 bits per heavy atom. The molecule has 5 aromatic rings. The van der Waals surface area contributed by atoms with Crippen LogP contribution in [0.3, 0.4) is 0 Å². The van der Waals surface area contributed by atoms with E-state index in [0.717, 1.165) is 70.9 Å². The highest BCUT2D eigenvalue weighted by Gasteiger charge is 2.15. The lowest BCUT2D eigenvalue weighted by molar-refractivity contribution is 0.312. The Kier molecular flexibility index (Phi) is 4.17. The number of aromatic nitrogens is 6. The van der Waals surface area contributed by atoms with Crippen LogP contribution in [0, 0.1) is 0 Å². The third kappa shape index (κ3) is 3.21. The van der Waals surface area contributed by atoms with Crippen LogP contribution in [0.4, 0.5) is 5.82 Å². The molecule has 0 aliphatic carbocycles. The summed E-state index contributed by atoms with van der Waals surface area (Å²) in [6.07, 6.45) is 9.34. The van der Waals surface area contributed by atoms with Gasteiger partial charge in [-0.1, -0.05) is 0 Å². The number of nitrogens with zero attached hydrogens (tertiary/aromatic N) is 7. The molecule has 1 fully saturated rings. The number of rotatable bonds is 3. The molecule has 6 rings (SSSR count). The first-order valence-corrected chi connectivity index (χ1v) is 10.4. The summed E-state index contributed by atoms with van der Waals surface area (Å²) >= 11 is 0. The highest BCUT2D eigenvalue weighted by molar-refractivity contribution is 5.96. The van der Waals surface area contributed by atoms with Gasteiger partial charge in [0.2, 0.25) is 0 Å². The molecule has 0 spiro atoms. The zero-order valence-corrected chi connectivity index (χ0v) is 17.2. The van der Waals surface area contributed by atoms with E-state index in [1.54, 1.807) is 10.8 Å². The molecule has 1 aliphatic rings. The van der Waals surface area contributed by atoms with Gasteiger partial charge in [-0.25, -0.2) is 19.5 Å². The number of likely N-dealkylation sites (N-methyl/N-ethyl adjacent to an activating group) is 1. The average molecular weight is 410 g/mol. The van der Waals surface area contributed by atoms with Gasteiger partial charge in [-0.05, 0) is 42.9 Å². The van der Waals surface area contributed by atoms with Gasteiger partial charge in [-0.3, -0.25) is 0 Å². The largest absolute Gasteiger partial charge is 0.354 e. The monoisotopic (exact) mass is 410 g/mol. The van der Waals surface area contributed by atoms with Crippen LogP contribution >= 0.6 is 0 Å². The molecule has 8 nitrogen and oxygen atoms in total. The Morgan fingerprint density at radius 1 is 0.871 bits per heavy atom. The minimum atomic E-state index is 0.819. The molecule has 31 heavy (non-hydrogen) atoms. The van der Waals surface area contributed by atoms with Crippen molar-refractivity contribution in [1.82, 2.24) is 34.4 Å². The normalized spacial score (nSPS) is 15.2. The van der Waals surface area contributed by atoms with Gasteiger partial charge in [0.05, 0.1) is 0 Å². The van der Waals surface area contributed by atoms with E-state index in [-0.39, 0.29) is 0 Å². The number of fused-ring (bicyclic) bond motifs is 2. The quantitative estimate of drug-likeness (QED) is 0.493. The van der Waals surface area contributed by atoms with Crippen LogP contribution in [0.25, 0.3) is 38.9 Å². The third-order valence-electron chi connectivity index (χ3n) is 6.03. The van der Waals surface area contributed by atoms with Gasteiger partial charge >= 0.3 is 0 Å². The van der Waals surface area contributed by atoms with Crippen LogP contribution in [0.2, 0.25) is 0 Å². The predicted octanol–water partition coefficient (Wildman–Crippen LogP) is 3.09. The summed E-state index contributed by atoms with van der Waals surface area (Å²) in [5, 5.41) is 5.25. The smallest absolute Gasteiger partial charge is 0.155 e.